The predicted octanol–water partition coefficient (Wildman–Crippen LogP) is 1.88. The zero-order valence-electron chi connectivity index (χ0n) is 12.5. The van der Waals surface area contributed by atoms with Gasteiger partial charge in [0.15, 0.2) is 0 Å². The second-order valence-electron chi connectivity index (χ2n) is 5.62. The molecule has 1 aliphatic heterocycles. The van der Waals surface area contributed by atoms with E-state index in [-0.39, 0.29) is 6.61 Å². The van der Waals surface area contributed by atoms with Crippen molar-refractivity contribution in [2.75, 3.05) is 30.4 Å². The molecule has 2 heterocycles. The van der Waals surface area contributed by atoms with Crippen LogP contribution in [0.2, 0.25) is 0 Å². The summed E-state index contributed by atoms with van der Waals surface area (Å²) in [4.78, 5) is 6.43. The molecule has 5 nitrogen and oxygen atoms in total. The van der Waals surface area contributed by atoms with Crippen LogP contribution < -0.4 is 10.2 Å². The van der Waals surface area contributed by atoms with Gasteiger partial charge in [-0.15, -0.1) is 0 Å². The van der Waals surface area contributed by atoms with E-state index in [2.05, 4.69) is 24.1 Å². The molecule has 1 aromatic rings. The number of pyridine rings is 1. The van der Waals surface area contributed by atoms with Crippen molar-refractivity contribution in [3.63, 3.8) is 0 Å². The first-order chi connectivity index (χ1) is 9.58. The highest BCUT2D eigenvalue weighted by Crippen LogP contribution is 2.22. The van der Waals surface area contributed by atoms with Crippen LogP contribution in [0.1, 0.15) is 26.7 Å². The fourth-order valence-corrected chi connectivity index (χ4v) is 2.71. The van der Waals surface area contributed by atoms with Crippen molar-refractivity contribution in [1.29, 1.82) is 0 Å². The molecule has 1 aliphatic rings. The van der Waals surface area contributed by atoms with E-state index in [0.29, 0.717) is 24.8 Å². The maximum atomic E-state index is 8.93. The normalized spacial score (nSPS) is 26.3. The van der Waals surface area contributed by atoms with Gasteiger partial charge in [0.25, 0.3) is 0 Å². The molecular formula is C15H25N3O2. The molecule has 0 spiro atoms. The number of hydrogen-bond donors (Lipinski definition) is 2. The summed E-state index contributed by atoms with van der Waals surface area (Å²) in [5.74, 6) is 0.900. The van der Waals surface area contributed by atoms with E-state index in [1.165, 1.54) is 0 Å². The Morgan fingerprint density at radius 2 is 2.05 bits per heavy atom. The second-order valence-corrected chi connectivity index (χ2v) is 5.62. The smallest absolute Gasteiger partial charge is 0.126 e. The van der Waals surface area contributed by atoms with Crippen LogP contribution >= 0.6 is 0 Å². The number of aromatic nitrogens is 1. The molecule has 5 heteroatoms. The van der Waals surface area contributed by atoms with Gasteiger partial charge >= 0.3 is 0 Å². The third-order valence-electron chi connectivity index (χ3n) is 3.67. The molecule has 0 amide bonds. The number of anilines is 2. The van der Waals surface area contributed by atoms with Gasteiger partial charge in [0.1, 0.15) is 5.82 Å². The van der Waals surface area contributed by atoms with E-state index in [9.17, 15) is 0 Å². The Hall–Kier alpha value is -1.33. The average Bonchev–Trinajstić information content (AvgIpc) is 2.38. The van der Waals surface area contributed by atoms with E-state index < -0.39 is 0 Å². The molecule has 2 atom stereocenters. The number of hydrogen-bond acceptors (Lipinski definition) is 5. The number of ether oxygens (including phenoxy) is 1. The predicted molar refractivity (Wildman–Crippen MR) is 81.2 cm³/mol. The van der Waals surface area contributed by atoms with Crippen molar-refractivity contribution in [1.82, 2.24) is 4.98 Å². The zero-order valence-corrected chi connectivity index (χ0v) is 12.5. The van der Waals surface area contributed by atoms with Crippen molar-refractivity contribution in [3.8, 4) is 0 Å². The minimum atomic E-state index is 0.147. The molecule has 2 N–H and O–H groups in total. The van der Waals surface area contributed by atoms with Crippen molar-refractivity contribution < 1.29 is 9.84 Å². The number of nitrogens with zero attached hydrogens (tertiary/aromatic N) is 2. The highest BCUT2D eigenvalue weighted by atomic mass is 16.5. The van der Waals surface area contributed by atoms with Crippen molar-refractivity contribution in [2.45, 2.75) is 44.9 Å². The Morgan fingerprint density at radius 1 is 1.35 bits per heavy atom. The molecule has 1 fully saturated rings. The molecule has 0 radical (unpaired) electrons. The summed E-state index contributed by atoms with van der Waals surface area (Å²) in [7, 11) is 1.95. The van der Waals surface area contributed by atoms with Gasteiger partial charge in [-0.05, 0) is 38.8 Å². The van der Waals surface area contributed by atoms with Crippen molar-refractivity contribution >= 4 is 11.5 Å². The first-order valence-corrected chi connectivity index (χ1v) is 7.28. The van der Waals surface area contributed by atoms with Crippen LogP contribution in [0.4, 0.5) is 11.5 Å². The number of aliphatic hydroxyl groups excluding tert-OH is 1. The summed E-state index contributed by atoms with van der Waals surface area (Å²) in [6.07, 6.45) is 4.46. The maximum absolute atomic E-state index is 8.93. The largest absolute Gasteiger partial charge is 0.395 e. The van der Waals surface area contributed by atoms with Gasteiger partial charge in [-0.2, -0.15) is 0 Å². The van der Waals surface area contributed by atoms with Crippen LogP contribution in [0.5, 0.6) is 0 Å². The van der Waals surface area contributed by atoms with Gasteiger partial charge in [0.2, 0.25) is 0 Å². The Balaban J connectivity index is 1.93. The second kappa shape index (κ2) is 6.90. The lowest BCUT2D eigenvalue weighted by Gasteiger charge is -2.32. The number of nitrogens with one attached hydrogen (secondary N) is 1. The van der Waals surface area contributed by atoms with Crippen LogP contribution in [0.3, 0.4) is 0 Å². The first kappa shape index (κ1) is 15.1. The summed E-state index contributed by atoms with van der Waals surface area (Å²) >= 11 is 0. The molecule has 1 aromatic heterocycles. The SMILES string of the molecule is CC1CC(Nc2ccc(N(C)CCO)cn2)CC(C)O1. The van der Waals surface area contributed by atoms with Crippen LogP contribution in [-0.4, -0.2) is 48.5 Å². The molecule has 20 heavy (non-hydrogen) atoms. The van der Waals surface area contributed by atoms with Gasteiger partial charge in [-0.3, -0.25) is 0 Å². The molecule has 0 bridgehead atoms. The number of rotatable bonds is 5. The lowest BCUT2D eigenvalue weighted by molar-refractivity contribution is -0.0338. The highest BCUT2D eigenvalue weighted by molar-refractivity contribution is 5.49. The van der Waals surface area contributed by atoms with Crippen molar-refractivity contribution in [3.05, 3.63) is 18.3 Å². The minimum absolute atomic E-state index is 0.147. The molecular weight excluding hydrogens is 254 g/mol. The van der Waals surface area contributed by atoms with Gasteiger partial charge < -0.3 is 20.1 Å². The third kappa shape index (κ3) is 4.08. The molecule has 1 saturated heterocycles. The summed E-state index contributed by atoms with van der Waals surface area (Å²) in [5, 5.41) is 12.4. The Kier molecular flexibility index (Phi) is 5.20. The first-order valence-electron chi connectivity index (χ1n) is 7.28. The van der Waals surface area contributed by atoms with Gasteiger partial charge in [-0.1, -0.05) is 0 Å². The van der Waals surface area contributed by atoms with Gasteiger partial charge in [0, 0.05) is 19.6 Å². The Labute approximate surface area is 121 Å². The Bertz CT molecular complexity index is 400. The monoisotopic (exact) mass is 279 g/mol. The van der Waals surface area contributed by atoms with Crippen LogP contribution in [0.15, 0.2) is 18.3 Å². The summed E-state index contributed by atoms with van der Waals surface area (Å²) in [6, 6.07) is 4.44. The minimum Gasteiger partial charge on any atom is -0.395 e. The lowest BCUT2D eigenvalue weighted by Crippen LogP contribution is -2.37. The zero-order chi connectivity index (χ0) is 14.5. The molecule has 2 unspecified atom stereocenters. The standard InChI is InChI=1S/C15H25N3O2/c1-11-8-13(9-12(2)20-11)17-15-5-4-14(10-16-15)18(3)6-7-19/h4-5,10-13,19H,6-9H2,1-3H3,(H,16,17). The van der Waals surface area contributed by atoms with Crippen LogP contribution in [0.25, 0.3) is 0 Å². The maximum Gasteiger partial charge on any atom is 0.126 e. The lowest BCUT2D eigenvalue weighted by atomic mass is 10.00. The molecule has 0 aromatic carbocycles. The van der Waals surface area contributed by atoms with E-state index in [0.717, 1.165) is 24.3 Å². The Morgan fingerprint density at radius 3 is 2.60 bits per heavy atom. The summed E-state index contributed by atoms with van der Waals surface area (Å²) < 4.78 is 5.74. The van der Waals surface area contributed by atoms with E-state index in [1.54, 1.807) is 0 Å². The topological polar surface area (TPSA) is 57.6 Å². The average molecular weight is 279 g/mol. The molecule has 0 saturated carbocycles. The summed E-state index contributed by atoms with van der Waals surface area (Å²) in [6.45, 7) is 4.99. The van der Waals surface area contributed by atoms with Gasteiger partial charge in [0.05, 0.1) is 30.7 Å². The number of aliphatic hydroxyl groups is 1. The van der Waals surface area contributed by atoms with E-state index in [1.807, 2.05) is 30.3 Å². The highest BCUT2D eigenvalue weighted by Gasteiger charge is 2.24. The molecule has 112 valence electrons. The van der Waals surface area contributed by atoms with Crippen molar-refractivity contribution in [2.24, 2.45) is 0 Å². The fraction of sp³-hybridized carbons (Fsp3) is 0.667. The molecule has 0 aliphatic carbocycles. The fourth-order valence-electron chi connectivity index (χ4n) is 2.71. The summed E-state index contributed by atoms with van der Waals surface area (Å²) in [5.41, 5.74) is 1.01. The third-order valence-corrected chi connectivity index (χ3v) is 3.67. The molecule has 2 rings (SSSR count). The van der Waals surface area contributed by atoms with Crippen LogP contribution in [-0.2, 0) is 4.74 Å². The van der Waals surface area contributed by atoms with Gasteiger partial charge in [-0.25, -0.2) is 4.98 Å². The van der Waals surface area contributed by atoms with E-state index >= 15 is 0 Å². The van der Waals surface area contributed by atoms with E-state index in [4.69, 9.17) is 9.84 Å². The quantitative estimate of drug-likeness (QED) is 0.862. The number of likely N-dealkylation sites (N-methyl/N-ethyl adjacent to an activating group) is 1. The van der Waals surface area contributed by atoms with Crippen LogP contribution in [0, 0.1) is 0 Å².